The van der Waals surface area contributed by atoms with Crippen molar-refractivity contribution in [1.29, 1.82) is 0 Å². The summed E-state index contributed by atoms with van der Waals surface area (Å²) in [6.45, 7) is 7.16. The zero-order valence-corrected chi connectivity index (χ0v) is 15.4. The first-order valence-corrected chi connectivity index (χ1v) is 8.49. The first-order chi connectivity index (χ1) is 11.5. The lowest BCUT2D eigenvalue weighted by Gasteiger charge is -2.14. The second-order valence-corrected chi connectivity index (χ2v) is 6.17. The van der Waals surface area contributed by atoms with Crippen LogP contribution in [0.1, 0.15) is 31.9 Å². The number of hydrogen-bond donors (Lipinski definition) is 2. The van der Waals surface area contributed by atoms with Gasteiger partial charge < -0.3 is 19.5 Å². The van der Waals surface area contributed by atoms with E-state index in [0.29, 0.717) is 18.3 Å². The number of hydrogen-bond acceptors (Lipinski definition) is 5. The quantitative estimate of drug-likeness (QED) is 0.446. The van der Waals surface area contributed by atoms with Gasteiger partial charge in [0.05, 0.1) is 19.4 Å². The summed E-state index contributed by atoms with van der Waals surface area (Å²) in [5.74, 6) is 1.69. The molecule has 2 atom stereocenters. The van der Waals surface area contributed by atoms with Gasteiger partial charge in [0.1, 0.15) is 17.6 Å². The largest absolute Gasteiger partial charge is 0.493 e. The monoisotopic (exact) mass is 351 g/mol. The number of thiocarbonyl (C=S) groups is 1. The van der Waals surface area contributed by atoms with Crippen molar-refractivity contribution in [2.45, 2.75) is 39.3 Å². The molecule has 0 spiro atoms. The highest BCUT2D eigenvalue weighted by atomic mass is 32.1. The van der Waals surface area contributed by atoms with Gasteiger partial charge in [-0.1, -0.05) is 0 Å². The molecule has 0 bridgehead atoms. The van der Waals surface area contributed by atoms with Gasteiger partial charge in [-0.3, -0.25) is 5.43 Å². The maximum atomic E-state index is 5.80. The molecule has 7 heteroatoms. The van der Waals surface area contributed by atoms with Crippen LogP contribution in [0.4, 0.5) is 0 Å². The van der Waals surface area contributed by atoms with Crippen LogP contribution in [0.3, 0.4) is 0 Å². The zero-order chi connectivity index (χ0) is 17.5. The molecule has 1 heterocycles. The van der Waals surface area contributed by atoms with Gasteiger partial charge in [0.25, 0.3) is 0 Å². The van der Waals surface area contributed by atoms with Crippen LogP contribution in [0.15, 0.2) is 17.2 Å². The number of benzene rings is 1. The highest BCUT2D eigenvalue weighted by Crippen LogP contribution is 2.34. The van der Waals surface area contributed by atoms with Crippen molar-refractivity contribution in [3.8, 4) is 11.5 Å². The van der Waals surface area contributed by atoms with Crippen LogP contribution in [0.5, 0.6) is 11.5 Å². The zero-order valence-electron chi connectivity index (χ0n) is 14.6. The predicted octanol–water partition coefficient (Wildman–Crippen LogP) is 2.24. The minimum atomic E-state index is 0.110. The molecule has 1 aliphatic rings. The molecule has 6 nitrogen and oxygen atoms in total. The normalized spacial score (nSPS) is 17.2. The molecule has 24 heavy (non-hydrogen) atoms. The number of fused-ring (bicyclic) bond motifs is 1. The number of nitrogens with one attached hydrogen (secondary N) is 2. The molecule has 0 unspecified atom stereocenters. The maximum Gasteiger partial charge on any atom is 0.187 e. The third kappa shape index (κ3) is 5.07. The van der Waals surface area contributed by atoms with E-state index in [0.717, 1.165) is 23.5 Å². The summed E-state index contributed by atoms with van der Waals surface area (Å²) in [5.41, 5.74) is 4.82. The minimum absolute atomic E-state index is 0.110. The second kappa shape index (κ2) is 8.84. The SMILES string of the molecule is CCOc1cc2c(cc1/C=N\NC(=S)N[C@@H](C)COC)O[C@H](C)C2. The van der Waals surface area contributed by atoms with Gasteiger partial charge in [0.2, 0.25) is 0 Å². The fraction of sp³-hybridized carbons (Fsp3) is 0.529. The lowest BCUT2D eigenvalue weighted by atomic mass is 10.1. The summed E-state index contributed by atoms with van der Waals surface area (Å²) >= 11 is 5.19. The Kier molecular flexibility index (Phi) is 6.81. The van der Waals surface area contributed by atoms with Gasteiger partial charge in [-0.25, -0.2) is 0 Å². The Bertz CT molecular complexity index is 607. The molecule has 0 saturated carbocycles. The summed E-state index contributed by atoms with van der Waals surface area (Å²) in [4.78, 5) is 0. The molecule has 0 radical (unpaired) electrons. The molecule has 0 amide bonds. The van der Waals surface area contributed by atoms with Crippen molar-refractivity contribution in [3.05, 3.63) is 23.3 Å². The van der Waals surface area contributed by atoms with E-state index in [1.807, 2.05) is 26.0 Å². The topological polar surface area (TPSA) is 64.1 Å². The molecule has 0 aromatic heterocycles. The van der Waals surface area contributed by atoms with E-state index in [1.54, 1.807) is 13.3 Å². The average Bonchev–Trinajstić information content (AvgIpc) is 2.86. The van der Waals surface area contributed by atoms with E-state index in [1.165, 1.54) is 5.56 Å². The van der Waals surface area contributed by atoms with Gasteiger partial charge >= 0.3 is 0 Å². The number of ether oxygens (including phenoxy) is 3. The van der Waals surface area contributed by atoms with E-state index >= 15 is 0 Å². The fourth-order valence-electron chi connectivity index (χ4n) is 2.54. The molecular weight excluding hydrogens is 326 g/mol. The standard InChI is InChI=1S/C17H25N3O3S/c1-5-22-15-7-13-6-12(3)23-16(13)8-14(15)9-18-20-17(24)19-11(2)10-21-4/h7-9,11-12H,5-6,10H2,1-4H3,(H2,19,20,24)/b18-9-/t11-,12+/m0/s1. The molecule has 132 valence electrons. The predicted molar refractivity (Wildman–Crippen MR) is 99.2 cm³/mol. The Morgan fingerprint density at radius 3 is 3.04 bits per heavy atom. The third-order valence-corrected chi connectivity index (χ3v) is 3.70. The van der Waals surface area contributed by atoms with Crippen molar-refractivity contribution in [2.75, 3.05) is 20.3 Å². The van der Waals surface area contributed by atoms with Crippen LogP contribution in [0, 0.1) is 0 Å². The van der Waals surface area contributed by atoms with Gasteiger partial charge in [0.15, 0.2) is 5.11 Å². The number of methoxy groups -OCH3 is 1. The summed E-state index contributed by atoms with van der Waals surface area (Å²) in [7, 11) is 1.65. The van der Waals surface area contributed by atoms with E-state index in [9.17, 15) is 0 Å². The first kappa shape index (κ1) is 18.5. The molecule has 0 saturated heterocycles. The van der Waals surface area contributed by atoms with Crippen LogP contribution in [0.2, 0.25) is 0 Å². The second-order valence-electron chi connectivity index (χ2n) is 5.76. The van der Waals surface area contributed by atoms with Crippen LogP contribution >= 0.6 is 12.2 Å². The maximum absolute atomic E-state index is 5.80. The number of rotatable bonds is 7. The van der Waals surface area contributed by atoms with E-state index < -0.39 is 0 Å². The van der Waals surface area contributed by atoms with Crippen LogP contribution in [-0.2, 0) is 11.2 Å². The summed E-state index contributed by atoms with van der Waals surface area (Å²) in [6.07, 6.45) is 2.78. The van der Waals surface area contributed by atoms with Gasteiger partial charge in [-0.05, 0) is 45.1 Å². The van der Waals surface area contributed by atoms with Crippen LogP contribution in [0.25, 0.3) is 0 Å². The lowest BCUT2D eigenvalue weighted by Crippen LogP contribution is -2.40. The van der Waals surface area contributed by atoms with Crippen molar-refractivity contribution in [1.82, 2.24) is 10.7 Å². The molecule has 2 N–H and O–H groups in total. The highest BCUT2D eigenvalue weighted by molar-refractivity contribution is 7.80. The van der Waals surface area contributed by atoms with E-state index in [2.05, 4.69) is 22.8 Å². The van der Waals surface area contributed by atoms with Crippen molar-refractivity contribution in [2.24, 2.45) is 5.10 Å². The van der Waals surface area contributed by atoms with Gasteiger partial charge in [0, 0.05) is 30.7 Å². The third-order valence-electron chi connectivity index (χ3n) is 3.49. The van der Waals surface area contributed by atoms with Gasteiger partial charge in [-0.2, -0.15) is 5.10 Å². The number of hydrazone groups is 1. The lowest BCUT2D eigenvalue weighted by molar-refractivity contribution is 0.179. The first-order valence-electron chi connectivity index (χ1n) is 8.08. The highest BCUT2D eigenvalue weighted by Gasteiger charge is 2.21. The Hall–Kier alpha value is -1.86. The fourth-order valence-corrected chi connectivity index (χ4v) is 2.80. The molecular formula is C17H25N3O3S. The molecule has 0 aliphatic carbocycles. The summed E-state index contributed by atoms with van der Waals surface area (Å²) in [5, 5.41) is 7.71. The van der Waals surface area contributed by atoms with Gasteiger partial charge in [-0.15, -0.1) is 0 Å². The smallest absolute Gasteiger partial charge is 0.187 e. The Morgan fingerprint density at radius 1 is 1.54 bits per heavy atom. The molecule has 0 fully saturated rings. The van der Waals surface area contributed by atoms with E-state index in [4.69, 9.17) is 26.4 Å². The Morgan fingerprint density at radius 2 is 2.33 bits per heavy atom. The number of nitrogens with zero attached hydrogens (tertiary/aromatic N) is 1. The van der Waals surface area contributed by atoms with Crippen molar-refractivity contribution < 1.29 is 14.2 Å². The van der Waals surface area contributed by atoms with Crippen LogP contribution < -0.4 is 20.2 Å². The molecule has 1 aliphatic heterocycles. The van der Waals surface area contributed by atoms with Crippen molar-refractivity contribution in [3.63, 3.8) is 0 Å². The summed E-state index contributed by atoms with van der Waals surface area (Å²) in [6, 6.07) is 4.10. The molecule has 1 aromatic carbocycles. The van der Waals surface area contributed by atoms with Crippen molar-refractivity contribution >= 4 is 23.5 Å². The molecule has 2 rings (SSSR count). The summed E-state index contributed by atoms with van der Waals surface area (Å²) < 4.78 is 16.6. The Labute approximate surface area is 148 Å². The van der Waals surface area contributed by atoms with E-state index in [-0.39, 0.29) is 12.1 Å². The average molecular weight is 351 g/mol. The Balaban J connectivity index is 2.03. The van der Waals surface area contributed by atoms with Crippen LogP contribution in [-0.4, -0.2) is 43.8 Å². The molecule has 1 aromatic rings. The minimum Gasteiger partial charge on any atom is -0.493 e.